The number of carboxylic acid groups (broad SMARTS) is 1. The summed E-state index contributed by atoms with van der Waals surface area (Å²) in [4.78, 5) is 22.2. The highest BCUT2D eigenvalue weighted by Gasteiger charge is 2.14. The molecule has 0 saturated carbocycles. The molecular weight excluding hydrogens is 208 g/mol. The van der Waals surface area contributed by atoms with Gasteiger partial charge in [0.25, 0.3) is 5.91 Å². The van der Waals surface area contributed by atoms with Gasteiger partial charge in [0.1, 0.15) is 5.69 Å². The summed E-state index contributed by atoms with van der Waals surface area (Å²) >= 11 is 0. The van der Waals surface area contributed by atoms with Crippen LogP contribution in [0.25, 0.3) is 0 Å². The molecule has 1 heterocycles. The Labute approximate surface area is 94.1 Å². The topological polar surface area (TPSA) is 71.3 Å². The largest absolute Gasteiger partial charge is 0.481 e. The Morgan fingerprint density at radius 3 is 2.81 bits per heavy atom. The van der Waals surface area contributed by atoms with Crippen LogP contribution < -0.4 is 5.32 Å². The van der Waals surface area contributed by atoms with Gasteiger partial charge in [0.2, 0.25) is 0 Å². The number of amides is 1. The Bertz CT molecular complexity index is 384. The second kappa shape index (κ2) is 5.34. The number of rotatable bonds is 5. The molecule has 5 heteroatoms. The normalized spacial score (nSPS) is 12.1. The number of carbonyl (C=O) groups is 2. The van der Waals surface area contributed by atoms with Gasteiger partial charge in [-0.2, -0.15) is 0 Å². The van der Waals surface area contributed by atoms with Gasteiger partial charge < -0.3 is 15.0 Å². The van der Waals surface area contributed by atoms with Gasteiger partial charge >= 0.3 is 5.97 Å². The zero-order valence-corrected chi connectivity index (χ0v) is 9.43. The summed E-state index contributed by atoms with van der Waals surface area (Å²) in [6.45, 7) is 4.33. The van der Waals surface area contributed by atoms with Crippen molar-refractivity contribution in [1.29, 1.82) is 0 Å². The fraction of sp³-hybridized carbons (Fsp3) is 0.455. The lowest BCUT2D eigenvalue weighted by Gasteiger charge is -2.12. The van der Waals surface area contributed by atoms with Crippen LogP contribution in [-0.4, -0.2) is 27.6 Å². The van der Waals surface area contributed by atoms with E-state index in [1.54, 1.807) is 19.1 Å². The molecule has 1 aromatic heterocycles. The number of aromatic nitrogens is 1. The predicted octanol–water partition coefficient (Wildman–Crippen LogP) is 1.10. The van der Waals surface area contributed by atoms with Gasteiger partial charge in [-0.1, -0.05) is 0 Å². The van der Waals surface area contributed by atoms with E-state index in [9.17, 15) is 9.59 Å². The first-order chi connectivity index (χ1) is 7.54. The first-order valence-electron chi connectivity index (χ1n) is 5.22. The molecule has 0 aliphatic rings. The van der Waals surface area contributed by atoms with Crippen LogP contribution in [0.2, 0.25) is 0 Å². The van der Waals surface area contributed by atoms with Crippen molar-refractivity contribution in [3.63, 3.8) is 0 Å². The zero-order valence-electron chi connectivity index (χ0n) is 9.43. The van der Waals surface area contributed by atoms with Crippen LogP contribution in [0.15, 0.2) is 18.3 Å². The number of hydrogen-bond donors (Lipinski definition) is 2. The fourth-order valence-electron chi connectivity index (χ4n) is 1.51. The number of aryl methyl sites for hydroxylation is 1. The van der Waals surface area contributed by atoms with E-state index in [0.29, 0.717) is 12.2 Å². The van der Waals surface area contributed by atoms with Crippen LogP contribution in [0, 0.1) is 0 Å². The maximum atomic E-state index is 11.8. The molecule has 0 aliphatic heterocycles. The zero-order chi connectivity index (χ0) is 12.1. The molecule has 16 heavy (non-hydrogen) atoms. The third-order valence-corrected chi connectivity index (χ3v) is 2.26. The molecule has 0 aliphatic carbocycles. The van der Waals surface area contributed by atoms with Crippen LogP contribution in [0.1, 0.15) is 30.8 Å². The van der Waals surface area contributed by atoms with E-state index < -0.39 is 5.97 Å². The third kappa shape index (κ3) is 3.12. The summed E-state index contributed by atoms with van der Waals surface area (Å²) in [5.74, 6) is -1.15. The first-order valence-corrected chi connectivity index (χ1v) is 5.22. The number of nitrogens with one attached hydrogen (secondary N) is 1. The summed E-state index contributed by atoms with van der Waals surface area (Å²) in [6.07, 6.45) is 1.75. The molecule has 0 radical (unpaired) electrons. The molecule has 0 fully saturated rings. The van der Waals surface area contributed by atoms with Crippen molar-refractivity contribution in [2.45, 2.75) is 32.9 Å². The number of nitrogens with zero attached hydrogens (tertiary/aromatic N) is 1. The Kier molecular flexibility index (Phi) is 4.10. The summed E-state index contributed by atoms with van der Waals surface area (Å²) in [5, 5.41) is 11.2. The number of carboxylic acids is 1. The molecule has 1 atom stereocenters. The van der Waals surface area contributed by atoms with E-state index in [2.05, 4.69) is 5.32 Å². The summed E-state index contributed by atoms with van der Waals surface area (Å²) in [7, 11) is 0. The average molecular weight is 224 g/mol. The summed E-state index contributed by atoms with van der Waals surface area (Å²) < 4.78 is 1.81. The second-order valence-electron chi connectivity index (χ2n) is 3.65. The summed E-state index contributed by atoms with van der Waals surface area (Å²) in [5.41, 5.74) is 0.555. The van der Waals surface area contributed by atoms with Crippen molar-refractivity contribution in [2.24, 2.45) is 0 Å². The Morgan fingerprint density at radius 1 is 1.56 bits per heavy atom. The quantitative estimate of drug-likeness (QED) is 0.786. The van der Waals surface area contributed by atoms with E-state index in [1.807, 2.05) is 17.7 Å². The minimum atomic E-state index is -0.918. The van der Waals surface area contributed by atoms with Crippen molar-refractivity contribution in [3.05, 3.63) is 24.0 Å². The fourth-order valence-corrected chi connectivity index (χ4v) is 1.51. The van der Waals surface area contributed by atoms with Crippen molar-refractivity contribution in [3.8, 4) is 0 Å². The van der Waals surface area contributed by atoms with E-state index in [1.165, 1.54) is 0 Å². The molecule has 0 aromatic carbocycles. The van der Waals surface area contributed by atoms with Gasteiger partial charge in [-0.3, -0.25) is 9.59 Å². The highest BCUT2D eigenvalue weighted by Crippen LogP contribution is 2.03. The van der Waals surface area contributed by atoms with Crippen LogP contribution in [0.4, 0.5) is 0 Å². The van der Waals surface area contributed by atoms with Crippen molar-refractivity contribution in [1.82, 2.24) is 9.88 Å². The number of aliphatic carboxylic acids is 1. The molecule has 0 bridgehead atoms. The first kappa shape index (κ1) is 12.3. The highest BCUT2D eigenvalue weighted by atomic mass is 16.4. The molecule has 88 valence electrons. The van der Waals surface area contributed by atoms with E-state index in [0.717, 1.165) is 0 Å². The third-order valence-electron chi connectivity index (χ3n) is 2.26. The maximum Gasteiger partial charge on any atom is 0.305 e. The minimum absolute atomic E-state index is 0.0709. The highest BCUT2D eigenvalue weighted by molar-refractivity contribution is 5.93. The average Bonchev–Trinajstić information content (AvgIpc) is 2.63. The van der Waals surface area contributed by atoms with Gasteiger partial charge in [0.15, 0.2) is 0 Å². The predicted molar refractivity (Wildman–Crippen MR) is 59.3 cm³/mol. The van der Waals surface area contributed by atoms with E-state index >= 15 is 0 Å². The smallest absolute Gasteiger partial charge is 0.305 e. The molecule has 1 amide bonds. The minimum Gasteiger partial charge on any atom is -0.481 e. The van der Waals surface area contributed by atoms with Crippen LogP contribution in [-0.2, 0) is 11.3 Å². The van der Waals surface area contributed by atoms with Crippen molar-refractivity contribution in [2.75, 3.05) is 0 Å². The van der Waals surface area contributed by atoms with E-state index in [-0.39, 0.29) is 18.4 Å². The molecule has 1 unspecified atom stereocenters. The lowest BCUT2D eigenvalue weighted by Crippen LogP contribution is -2.35. The molecule has 1 aromatic rings. The lowest BCUT2D eigenvalue weighted by atomic mass is 10.2. The van der Waals surface area contributed by atoms with Gasteiger partial charge in [-0.15, -0.1) is 0 Å². The number of hydrogen-bond acceptors (Lipinski definition) is 2. The second-order valence-corrected chi connectivity index (χ2v) is 3.65. The van der Waals surface area contributed by atoms with Crippen LogP contribution in [0.3, 0.4) is 0 Å². The SMILES string of the molecule is CCn1cccc1C(=O)NC(C)CC(=O)O. The molecule has 2 N–H and O–H groups in total. The Balaban J connectivity index is 2.62. The van der Waals surface area contributed by atoms with Crippen LogP contribution >= 0.6 is 0 Å². The maximum absolute atomic E-state index is 11.8. The van der Waals surface area contributed by atoms with Gasteiger partial charge in [0.05, 0.1) is 6.42 Å². The Morgan fingerprint density at radius 2 is 2.25 bits per heavy atom. The van der Waals surface area contributed by atoms with Gasteiger partial charge in [-0.05, 0) is 26.0 Å². The summed E-state index contributed by atoms with van der Waals surface area (Å²) in [6, 6.07) is 3.14. The standard InChI is InChI=1S/C11H16N2O3/c1-3-13-6-4-5-9(13)11(16)12-8(2)7-10(14)15/h4-6,8H,3,7H2,1-2H3,(H,12,16)(H,14,15). The molecular formula is C11H16N2O3. The molecule has 0 spiro atoms. The van der Waals surface area contributed by atoms with Gasteiger partial charge in [0, 0.05) is 18.8 Å². The van der Waals surface area contributed by atoms with E-state index in [4.69, 9.17) is 5.11 Å². The molecule has 1 rings (SSSR count). The van der Waals surface area contributed by atoms with Crippen molar-refractivity contribution < 1.29 is 14.7 Å². The van der Waals surface area contributed by atoms with Crippen LogP contribution in [0.5, 0.6) is 0 Å². The van der Waals surface area contributed by atoms with Crippen molar-refractivity contribution >= 4 is 11.9 Å². The number of carbonyl (C=O) groups excluding carboxylic acids is 1. The lowest BCUT2D eigenvalue weighted by molar-refractivity contribution is -0.137. The molecule has 0 saturated heterocycles. The monoisotopic (exact) mass is 224 g/mol. The molecule has 5 nitrogen and oxygen atoms in total. The Hall–Kier alpha value is -1.78. The van der Waals surface area contributed by atoms with Gasteiger partial charge in [-0.25, -0.2) is 0 Å².